The number of alkyl halides is 2. The van der Waals surface area contributed by atoms with Gasteiger partial charge in [-0.2, -0.15) is 5.10 Å². The van der Waals surface area contributed by atoms with Gasteiger partial charge in [0.25, 0.3) is 6.43 Å². The van der Waals surface area contributed by atoms with E-state index in [0.29, 0.717) is 30.2 Å². The number of carboxylic acid groups (broad SMARTS) is 1. The van der Waals surface area contributed by atoms with Gasteiger partial charge in [0, 0.05) is 42.2 Å². The van der Waals surface area contributed by atoms with Crippen LogP contribution in [0.2, 0.25) is 0 Å². The van der Waals surface area contributed by atoms with E-state index in [0.717, 1.165) is 12.0 Å². The van der Waals surface area contributed by atoms with Crippen molar-refractivity contribution in [2.24, 2.45) is 0 Å². The van der Waals surface area contributed by atoms with E-state index in [-0.39, 0.29) is 17.7 Å². The molecule has 168 valence electrons. The molecular formula is C19H20F2N8O3. The Morgan fingerprint density at radius 3 is 2.81 bits per heavy atom. The van der Waals surface area contributed by atoms with Crippen LogP contribution in [0.25, 0.3) is 11.1 Å². The number of likely N-dealkylation sites (tertiary alicyclic amines) is 1. The van der Waals surface area contributed by atoms with Crippen LogP contribution in [-0.4, -0.2) is 60.5 Å². The standard InChI is InChI=1S/C19H20F2N8O3/c1-32-13-4-15(26-16-5-14(22)25-18(27-16)17(20)21)23-7-12(13)10-6-24-28(8-10)9-11-2-3-29(11)19(30)31/h4-8,11,17H,2-3,9H2,1H3,(H,30,31)(H3,22,23,25,26,27)/t11-/m0/s1. The second-order valence-electron chi connectivity index (χ2n) is 7.10. The first-order chi connectivity index (χ1) is 15.3. The summed E-state index contributed by atoms with van der Waals surface area (Å²) in [5, 5.41) is 16.3. The Kier molecular flexibility index (Phi) is 5.71. The number of aromatic nitrogens is 5. The first kappa shape index (κ1) is 21.2. The zero-order valence-electron chi connectivity index (χ0n) is 16.9. The Balaban J connectivity index is 1.52. The molecule has 11 nitrogen and oxygen atoms in total. The van der Waals surface area contributed by atoms with Crippen molar-refractivity contribution < 1.29 is 23.4 Å². The predicted molar refractivity (Wildman–Crippen MR) is 110 cm³/mol. The molecule has 32 heavy (non-hydrogen) atoms. The van der Waals surface area contributed by atoms with Gasteiger partial charge in [0.15, 0.2) is 5.82 Å². The van der Waals surface area contributed by atoms with E-state index in [1.54, 1.807) is 29.3 Å². The minimum absolute atomic E-state index is 0.0754. The molecule has 1 aliphatic heterocycles. The molecule has 0 saturated carbocycles. The Labute approximate surface area is 180 Å². The molecule has 1 fully saturated rings. The molecule has 3 aromatic rings. The average Bonchev–Trinajstić information content (AvgIpc) is 3.18. The van der Waals surface area contributed by atoms with E-state index in [1.807, 2.05) is 0 Å². The number of pyridine rings is 1. The van der Waals surface area contributed by atoms with Gasteiger partial charge in [-0.3, -0.25) is 4.68 Å². The van der Waals surface area contributed by atoms with Gasteiger partial charge in [-0.15, -0.1) is 0 Å². The van der Waals surface area contributed by atoms with Gasteiger partial charge in [-0.25, -0.2) is 28.5 Å². The second kappa shape index (κ2) is 8.61. The molecule has 3 aromatic heterocycles. The van der Waals surface area contributed by atoms with Crippen molar-refractivity contribution in [3.05, 3.63) is 36.5 Å². The Bertz CT molecular complexity index is 1140. The third kappa shape index (κ3) is 4.36. The molecule has 0 aromatic carbocycles. The number of anilines is 3. The molecule has 0 unspecified atom stereocenters. The number of carbonyl (C=O) groups is 1. The fourth-order valence-corrected chi connectivity index (χ4v) is 3.37. The van der Waals surface area contributed by atoms with Crippen molar-refractivity contribution in [1.29, 1.82) is 0 Å². The lowest BCUT2D eigenvalue weighted by atomic mass is 10.0. The number of nitrogens with one attached hydrogen (secondary N) is 1. The van der Waals surface area contributed by atoms with E-state index >= 15 is 0 Å². The maximum absolute atomic E-state index is 12.9. The topological polar surface area (TPSA) is 144 Å². The maximum Gasteiger partial charge on any atom is 0.407 e. The van der Waals surface area contributed by atoms with Crippen LogP contribution in [0.15, 0.2) is 30.7 Å². The normalized spacial score (nSPS) is 15.5. The number of methoxy groups -OCH3 is 1. The Hall–Kier alpha value is -4.03. The number of ether oxygens (including phenoxy) is 1. The number of nitrogens with two attached hydrogens (primary N) is 1. The van der Waals surface area contributed by atoms with Gasteiger partial charge >= 0.3 is 6.09 Å². The third-order valence-electron chi connectivity index (χ3n) is 5.03. The van der Waals surface area contributed by atoms with Crippen LogP contribution < -0.4 is 15.8 Å². The number of nitrogen functional groups attached to an aromatic ring is 1. The molecule has 0 bridgehead atoms. The summed E-state index contributed by atoms with van der Waals surface area (Å²) in [6.45, 7) is 0.973. The molecular weight excluding hydrogens is 426 g/mol. The third-order valence-corrected chi connectivity index (χ3v) is 5.03. The fraction of sp³-hybridized carbons (Fsp3) is 0.316. The molecule has 1 amide bonds. The largest absolute Gasteiger partial charge is 0.496 e. The monoisotopic (exact) mass is 446 g/mol. The quantitative estimate of drug-likeness (QED) is 0.499. The molecule has 0 radical (unpaired) electrons. The molecule has 1 atom stereocenters. The van der Waals surface area contributed by atoms with Crippen LogP contribution in [-0.2, 0) is 6.54 Å². The van der Waals surface area contributed by atoms with Crippen LogP contribution in [0.5, 0.6) is 5.75 Å². The van der Waals surface area contributed by atoms with Crippen LogP contribution in [0.4, 0.5) is 31.0 Å². The lowest BCUT2D eigenvalue weighted by Gasteiger charge is -2.38. The molecule has 1 aliphatic rings. The zero-order chi connectivity index (χ0) is 22.8. The highest BCUT2D eigenvalue weighted by atomic mass is 19.3. The first-order valence-corrected chi connectivity index (χ1v) is 9.60. The molecule has 0 spiro atoms. The smallest absolute Gasteiger partial charge is 0.407 e. The molecule has 1 saturated heterocycles. The van der Waals surface area contributed by atoms with Crippen LogP contribution in [0.3, 0.4) is 0 Å². The number of nitrogens with zero attached hydrogens (tertiary/aromatic N) is 6. The Morgan fingerprint density at radius 2 is 2.16 bits per heavy atom. The van der Waals surface area contributed by atoms with E-state index in [2.05, 4.69) is 25.4 Å². The highest BCUT2D eigenvalue weighted by molar-refractivity contribution is 5.71. The van der Waals surface area contributed by atoms with Crippen LogP contribution in [0, 0.1) is 0 Å². The predicted octanol–water partition coefficient (Wildman–Crippen LogP) is 2.76. The maximum atomic E-state index is 12.9. The average molecular weight is 446 g/mol. The van der Waals surface area contributed by atoms with Crippen molar-refractivity contribution in [3.63, 3.8) is 0 Å². The number of halogens is 2. The molecule has 0 aliphatic carbocycles. The van der Waals surface area contributed by atoms with Crippen molar-refractivity contribution >= 4 is 23.5 Å². The van der Waals surface area contributed by atoms with Gasteiger partial charge in [-0.1, -0.05) is 0 Å². The summed E-state index contributed by atoms with van der Waals surface area (Å²) < 4.78 is 33.0. The lowest BCUT2D eigenvalue weighted by Crippen LogP contribution is -2.52. The first-order valence-electron chi connectivity index (χ1n) is 9.60. The van der Waals surface area contributed by atoms with Gasteiger partial charge in [0.2, 0.25) is 0 Å². The molecule has 4 heterocycles. The van der Waals surface area contributed by atoms with Crippen LogP contribution in [0.1, 0.15) is 18.7 Å². The lowest BCUT2D eigenvalue weighted by molar-refractivity contribution is 0.0658. The number of hydrogen-bond acceptors (Lipinski definition) is 8. The van der Waals surface area contributed by atoms with Crippen LogP contribution >= 0.6 is 0 Å². The molecule has 13 heteroatoms. The van der Waals surface area contributed by atoms with E-state index in [4.69, 9.17) is 15.6 Å². The SMILES string of the molecule is COc1cc(Nc2cc(N)nc(C(F)F)n2)ncc1-c1cnn(C[C@@H]2CCN2C(=O)O)c1. The summed E-state index contributed by atoms with van der Waals surface area (Å²) in [6, 6.07) is 2.80. The summed E-state index contributed by atoms with van der Waals surface area (Å²) in [7, 11) is 1.49. The summed E-state index contributed by atoms with van der Waals surface area (Å²) in [5.74, 6) is 0.0707. The summed E-state index contributed by atoms with van der Waals surface area (Å²) in [6.07, 6.45) is 1.96. The van der Waals surface area contributed by atoms with Crippen molar-refractivity contribution in [1.82, 2.24) is 29.6 Å². The van der Waals surface area contributed by atoms with Crippen molar-refractivity contribution in [2.45, 2.75) is 25.4 Å². The van der Waals surface area contributed by atoms with Gasteiger partial charge < -0.3 is 25.8 Å². The van der Waals surface area contributed by atoms with Crippen molar-refractivity contribution in [2.75, 3.05) is 24.7 Å². The minimum Gasteiger partial charge on any atom is -0.496 e. The van der Waals surface area contributed by atoms with E-state index in [9.17, 15) is 13.6 Å². The number of amides is 1. The minimum atomic E-state index is -2.86. The second-order valence-corrected chi connectivity index (χ2v) is 7.10. The zero-order valence-corrected chi connectivity index (χ0v) is 16.9. The highest BCUT2D eigenvalue weighted by Crippen LogP contribution is 2.32. The number of rotatable bonds is 7. The van der Waals surface area contributed by atoms with Gasteiger partial charge in [0.05, 0.1) is 25.9 Å². The van der Waals surface area contributed by atoms with Crippen molar-refractivity contribution in [3.8, 4) is 16.9 Å². The fourth-order valence-electron chi connectivity index (χ4n) is 3.37. The number of hydrogen-bond donors (Lipinski definition) is 3. The Morgan fingerprint density at radius 1 is 1.34 bits per heavy atom. The van der Waals surface area contributed by atoms with E-state index in [1.165, 1.54) is 18.1 Å². The highest BCUT2D eigenvalue weighted by Gasteiger charge is 2.32. The summed E-state index contributed by atoms with van der Waals surface area (Å²) >= 11 is 0. The molecule has 4 N–H and O–H groups in total. The molecule has 4 rings (SSSR count). The van der Waals surface area contributed by atoms with Gasteiger partial charge in [-0.05, 0) is 6.42 Å². The van der Waals surface area contributed by atoms with Gasteiger partial charge in [0.1, 0.15) is 23.2 Å². The van der Waals surface area contributed by atoms with E-state index < -0.39 is 18.3 Å². The summed E-state index contributed by atoms with van der Waals surface area (Å²) in [4.78, 5) is 24.0. The summed E-state index contributed by atoms with van der Waals surface area (Å²) in [5.41, 5.74) is 6.95.